The van der Waals surface area contributed by atoms with Crippen LogP contribution >= 0.6 is 34.7 Å². The van der Waals surface area contributed by atoms with Gasteiger partial charge in [-0.05, 0) is 18.9 Å². The molecule has 0 atom stereocenters. The molecule has 2 heterocycles. The van der Waals surface area contributed by atoms with Crippen LogP contribution < -0.4 is 5.32 Å². The third-order valence-electron chi connectivity index (χ3n) is 3.95. The van der Waals surface area contributed by atoms with Crippen LogP contribution in [-0.2, 0) is 4.74 Å². The fourth-order valence-corrected chi connectivity index (χ4v) is 4.42. The Kier molecular flexibility index (Phi) is 7.84. The minimum Gasteiger partial charge on any atom is -0.462 e. The van der Waals surface area contributed by atoms with Gasteiger partial charge < -0.3 is 10.1 Å². The lowest BCUT2D eigenvalue weighted by atomic mass is 10.0. The molecule has 3 aromatic rings. The summed E-state index contributed by atoms with van der Waals surface area (Å²) in [6, 6.07) is 9.46. The summed E-state index contributed by atoms with van der Waals surface area (Å²) in [5, 5.41) is 5.60. The van der Waals surface area contributed by atoms with Gasteiger partial charge in [0.05, 0.1) is 17.8 Å². The Balaban J connectivity index is 1.94. The zero-order valence-corrected chi connectivity index (χ0v) is 18.9. The SMILES string of the molecule is CCCSc1ncc(Cl)c(C(=O)Nc2scc(-c3ccccc3)c2C(=O)OCC)n1. The number of hydrogen-bond acceptors (Lipinski definition) is 7. The van der Waals surface area contributed by atoms with Gasteiger partial charge in [0.15, 0.2) is 10.9 Å². The van der Waals surface area contributed by atoms with Crippen molar-refractivity contribution in [3.8, 4) is 11.1 Å². The van der Waals surface area contributed by atoms with Gasteiger partial charge in [0, 0.05) is 16.7 Å². The molecule has 0 bridgehead atoms. The Morgan fingerprint density at radius 2 is 2.00 bits per heavy atom. The molecule has 156 valence electrons. The highest BCUT2D eigenvalue weighted by Crippen LogP contribution is 2.36. The Bertz CT molecular complexity index is 1040. The molecule has 1 N–H and O–H groups in total. The van der Waals surface area contributed by atoms with Gasteiger partial charge in [0.1, 0.15) is 10.6 Å². The van der Waals surface area contributed by atoms with Crippen molar-refractivity contribution in [2.24, 2.45) is 0 Å². The van der Waals surface area contributed by atoms with Gasteiger partial charge in [0.25, 0.3) is 5.91 Å². The number of amides is 1. The first kappa shape index (κ1) is 22.3. The molecule has 3 rings (SSSR count). The number of nitrogens with one attached hydrogen (secondary N) is 1. The summed E-state index contributed by atoms with van der Waals surface area (Å²) in [5.74, 6) is -0.172. The molecule has 2 aromatic heterocycles. The molecule has 1 amide bonds. The largest absolute Gasteiger partial charge is 0.462 e. The Labute approximate surface area is 188 Å². The van der Waals surface area contributed by atoms with Crippen LogP contribution in [0.3, 0.4) is 0 Å². The van der Waals surface area contributed by atoms with Gasteiger partial charge in [-0.25, -0.2) is 14.8 Å². The third-order valence-corrected chi connectivity index (χ3v) is 6.19. The van der Waals surface area contributed by atoms with Crippen LogP contribution in [0.5, 0.6) is 0 Å². The van der Waals surface area contributed by atoms with E-state index in [2.05, 4.69) is 22.2 Å². The molecule has 0 saturated heterocycles. The summed E-state index contributed by atoms with van der Waals surface area (Å²) in [6.45, 7) is 4.02. The number of ether oxygens (including phenoxy) is 1. The molecule has 0 fully saturated rings. The van der Waals surface area contributed by atoms with Crippen molar-refractivity contribution in [1.82, 2.24) is 9.97 Å². The van der Waals surface area contributed by atoms with Crippen molar-refractivity contribution in [3.05, 3.63) is 58.2 Å². The zero-order valence-electron chi connectivity index (χ0n) is 16.5. The number of thioether (sulfide) groups is 1. The molecule has 1 aromatic carbocycles. The molecule has 0 spiro atoms. The number of hydrogen-bond donors (Lipinski definition) is 1. The van der Waals surface area contributed by atoms with E-state index in [1.807, 2.05) is 35.7 Å². The number of benzene rings is 1. The van der Waals surface area contributed by atoms with Gasteiger partial charge in [-0.3, -0.25) is 4.79 Å². The number of carbonyl (C=O) groups is 2. The van der Waals surface area contributed by atoms with Gasteiger partial charge in [-0.15, -0.1) is 11.3 Å². The maximum absolute atomic E-state index is 12.9. The molecule has 9 heteroatoms. The fourth-order valence-electron chi connectivity index (χ4n) is 2.62. The highest BCUT2D eigenvalue weighted by Gasteiger charge is 2.24. The maximum Gasteiger partial charge on any atom is 0.341 e. The predicted molar refractivity (Wildman–Crippen MR) is 122 cm³/mol. The topological polar surface area (TPSA) is 81.2 Å². The second-order valence-electron chi connectivity index (χ2n) is 6.09. The smallest absolute Gasteiger partial charge is 0.341 e. The summed E-state index contributed by atoms with van der Waals surface area (Å²) in [6.07, 6.45) is 2.37. The number of anilines is 1. The van der Waals surface area contributed by atoms with Crippen LogP contribution in [0.25, 0.3) is 11.1 Å². The second-order valence-corrected chi connectivity index (χ2v) is 8.44. The van der Waals surface area contributed by atoms with Crippen molar-refractivity contribution in [3.63, 3.8) is 0 Å². The van der Waals surface area contributed by atoms with E-state index in [1.54, 1.807) is 6.92 Å². The zero-order chi connectivity index (χ0) is 21.5. The van der Waals surface area contributed by atoms with Crippen LogP contribution in [0, 0.1) is 0 Å². The van der Waals surface area contributed by atoms with E-state index in [0.29, 0.717) is 21.3 Å². The molecule has 0 aliphatic heterocycles. The van der Waals surface area contributed by atoms with E-state index in [9.17, 15) is 9.59 Å². The average molecular weight is 462 g/mol. The minimum atomic E-state index is -0.507. The molecule has 0 unspecified atom stereocenters. The fraction of sp³-hybridized carbons (Fsp3) is 0.238. The summed E-state index contributed by atoms with van der Waals surface area (Å²) < 4.78 is 5.22. The first-order valence-corrected chi connectivity index (χ1v) is 11.6. The predicted octanol–water partition coefficient (Wildman–Crippen LogP) is 5.79. The molecule has 0 aliphatic carbocycles. The summed E-state index contributed by atoms with van der Waals surface area (Å²) in [5.41, 5.74) is 1.93. The molecule has 30 heavy (non-hydrogen) atoms. The number of carbonyl (C=O) groups excluding carboxylic acids is 2. The molecule has 0 aliphatic rings. The highest BCUT2D eigenvalue weighted by atomic mass is 35.5. The van der Waals surface area contributed by atoms with Gasteiger partial charge >= 0.3 is 5.97 Å². The highest BCUT2D eigenvalue weighted by molar-refractivity contribution is 7.99. The van der Waals surface area contributed by atoms with E-state index in [1.165, 1.54) is 29.3 Å². The Morgan fingerprint density at radius 1 is 1.23 bits per heavy atom. The van der Waals surface area contributed by atoms with Crippen molar-refractivity contribution >= 4 is 51.6 Å². The summed E-state index contributed by atoms with van der Waals surface area (Å²) >= 11 is 8.86. The van der Waals surface area contributed by atoms with Crippen LogP contribution in [0.1, 0.15) is 41.1 Å². The third kappa shape index (κ3) is 5.19. The van der Waals surface area contributed by atoms with E-state index >= 15 is 0 Å². The van der Waals surface area contributed by atoms with Crippen molar-refractivity contribution < 1.29 is 14.3 Å². The molecular weight excluding hydrogens is 442 g/mol. The number of nitrogens with zero attached hydrogens (tertiary/aromatic N) is 2. The van der Waals surface area contributed by atoms with E-state index in [0.717, 1.165) is 17.7 Å². The number of aromatic nitrogens is 2. The molecule has 0 radical (unpaired) electrons. The lowest BCUT2D eigenvalue weighted by Crippen LogP contribution is -2.17. The Morgan fingerprint density at radius 3 is 2.70 bits per heavy atom. The maximum atomic E-state index is 12.9. The second kappa shape index (κ2) is 10.6. The number of rotatable bonds is 8. The average Bonchev–Trinajstić information content (AvgIpc) is 3.17. The number of halogens is 1. The number of esters is 1. The minimum absolute atomic E-state index is 0.0646. The molecule has 0 saturated carbocycles. The van der Waals surface area contributed by atoms with Crippen LogP contribution in [0.15, 0.2) is 47.1 Å². The van der Waals surface area contributed by atoms with Gasteiger partial charge in [0.2, 0.25) is 0 Å². The first-order chi connectivity index (χ1) is 14.5. The van der Waals surface area contributed by atoms with Crippen LogP contribution in [-0.4, -0.2) is 34.2 Å². The standard InChI is InChI=1S/C21H20ClN3O3S2/c1-3-10-29-21-23-11-15(22)17(24-21)18(26)25-19-16(20(27)28-4-2)14(12-30-19)13-8-6-5-7-9-13/h5-9,11-12H,3-4,10H2,1-2H3,(H,25,26). The van der Waals surface area contributed by atoms with Crippen LogP contribution in [0.4, 0.5) is 5.00 Å². The van der Waals surface area contributed by atoms with E-state index in [4.69, 9.17) is 16.3 Å². The van der Waals surface area contributed by atoms with Crippen molar-refractivity contribution in [1.29, 1.82) is 0 Å². The van der Waals surface area contributed by atoms with Crippen LogP contribution in [0.2, 0.25) is 5.02 Å². The summed E-state index contributed by atoms with van der Waals surface area (Å²) in [7, 11) is 0. The molecular formula is C21H20ClN3O3S2. The summed E-state index contributed by atoms with van der Waals surface area (Å²) in [4.78, 5) is 34.0. The number of thiophene rings is 1. The molecule has 6 nitrogen and oxygen atoms in total. The van der Waals surface area contributed by atoms with Crippen molar-refractivity contribution in [2.75, 3.05) is 17.7 Å². The normalized spacial score (nSPS) is 10.6. The Hall–Kier alpha value is -2.42. The lowest BCUT2D eigenvalue weighted by Gasteiger charge is -2.09. The van der Waals surface area contributed by atoms with Crippen molar-refractivity contribution in [2.45, 2.75) is 25.4 Å². The first-order valence-electron chi connectivity index (χ1n) is 9.35. The lowest BCUT2D eigenvalue weighted by molar-refractivity contribution is 0.0529. The quantitative estimate of drug-likeness (QED) is 0.260. The van der Waals surface area contributed by atoms with Gasteiger partial charge in [-0.1, -0.05) is 60.6 Å². The monoisotopic (exact) mass is 461 g/mol. The van der Waals surface area contributed by atoms with E-state index < -0.39 is 11.9 Å². The van der Waals surface area contributed by atoms with E-state index in [-0.39, 0.29) is 17.3 Å². The van der Waals surface area contributed by atoms with Gasteiger partial charge in [-0.2, -0.15) is 0 Å².